The molecule has 0 aliphatic rings. The topological polar surface area (TPSA) is 110 Å². The molecule has 110 valence electrons. The summed E-state index contributed by atoms with van der Waals surface area (Å²) in [7, 11) is 0. The molecule has 8 nitrogen and oxygen atoms in total. The molecule has 0 unspecified atom stereocenters. The maximum atomic E-state index is 11.5. The number of nitrogens with one attached hydrogen (secondary N) is 2. The predicted molar refractivity (Wildman–Crippen MR) is 74.7 cm³/mol. The highest BCUT2D eigenvalue weighted by Crippen LogP contribution is 2.27. The van der Waals surface area contributed by atoms with Crippen molar-refractivity contribution in [2.75, 3.05) is 18.4 Å². The summed E-state index contributed by atoms with van der Waals surface area (Å²) in [4.78, 5) is 29.0. The van der Waals surface area contributed by atoms with Crippen LogP contribution in [0.5, 0.6) is 0 Å². The molecule has 0 spiro atoms. The van der Waals surface area contributed by atoms with Crippen molar-refractivity contribution in [1.29, 1.82) is 0 Å². The highest BCUT2D eigenvalue weighted by molar-refractivity contribution is 6.31. The Balaban J connectivity index is 2.52. The van der Waals surface area contributed by atoms with Gasteiger partial charge in [0.15, 0.2) is 0 Å². The summed E-state index contributed by atoms with van der Waals surface area (Å²) in [5, 5.41) is 16.1. The van der Waals surface area contributed by atoms with Gasteiger partial charge in [-0.1, -0.05) is 25.4 Å². The first-order valence-electron chi connectivity index (χ1n) is 6.07. The molecule has 1 aromatic rings. The number of carbonyl (C=O) groups excluding carboxylic acids is 1. The molecule has 0 aromatic carbocycles. The Bertz CT molecular complexity index is 495. The Labute approximate surface area is 121 Å². The SMILES string of the molecule is CC(C)CNC(=O)CCNc1ncnc(Cl)c1[N+](=O)[O-]. The van der Waals surface area contributed by atoms with Gasteiger partial charge in [-0.05, 0) is 5.92 Å². The lowest BCUT2D eigenvalue weighted by Crippen LogP contribution is -2.28. The molecule has 1 rings (SSSR count). The Morgan fingerprint density at radius 2 is 2.20 bits per heavy atom. The van der Waals surface area contributed by atoms with E-state index in [0.717, 1.165) is 6.33 Å². The van der Waals surface area contributed by atoms with E-state index in [2.05, 4.69) is 20.6 Å². The lowest BCUT2D eigenvalue weighted by molar-refractivity contribution is -0.384. The third-order valence-corrected chi connectivity index (χ3v) is 2.59. The first-order chi connectivity index (χ1) is 9.41. The van der Waals surface area contributed by atoms with Gasteiger partial charge < -0.3 is 10.6 Å². The summed E-state index contributed by atoms with van der Waals surface area (Å²) in [6.45, 7) is 4.80. The molecule has 0 fully saturated rings. The monoisotopic (exact) mass is 301 g/mol. The lowest BCUT2D eigenvalue weighted by Gasteiger charge is -2.08. The fraction of sp³-hybridized carbons (Fsp3) is 0.545. The fourth-order valence-corrected chi connectivity index (χ4v) is 1.55. The molecule has 2 N–H and O–H groups in total. The fourth-order valence-electron chi connectivity index (χ4n) is 1.35. The zero-order valence-corrected chi connectivity index (χ0v) is 12.0. The maximum absolute atomic E-state index is 11.5. The molecule has 1 heterocycles. The van der Waals surface area contributed by atoms with Crippen LogP contribution in [-0.2, 0) is 4.79 Å². The van der Waals surface area contributed by atoms with Gasteiger partial charge in [0.25, 0.3) is 0 Å². The van der Waals surface area contributed by atoms with Crippen molar-refractivity contribution >= 4 is 29.0 Å². The summed E-state index contributed by atoms with van der Waals surface area (Å²) >= 11 is 5.64. The molecular formula is C11H16ClN5O3. The number of carbonyl (C=O) groups is 1. The minimum Gasteiger partial charge on any atom is -0.364 e. The van der Waals surface area contributed by atoms with Gasteiger partial charge in [0, 0.05) is 19.5 Å². The minimum atomic E-state index is -0.663. The van der Waals surface area contributed by atoms with E-state index >= 15 is 0 Å². The van der Waals surface area contributed by atoms with Gasteiger partial charge in [0.1, 0.15) is 6.33 Å². The van der Waals surface area contributed by atoms with E-state index in [1.807, 2.05) is 13.8 Å². The van der Waals surface area contributed by atoms with Crippen LogP contribution < -0.4 is 10.6 Å². The average molecular weight is 302 g/mol. The van der Waals surface area contributed by atoms with Gasteiger partial charge in [0.2, 0.25) is 16.9 Å². The van der Waals surface area contributed by atoms with Gasteiger partial charge >= 0.3 is 5.69 Å². The molecule has 1 aromatic heterocycles. The number of rotatable bonds is 7. The number of amides is 1. The van der Waals surface area contributed by atoms with E-state index in [9.17, 15) is 14.9 Å². The number of halogens is 1. The van der Waals surface area contributed by atoms with Crippen LogP contribution in [0.4, 0.5) is 11.5 Å². The highest BCUT2D eigenvalue weighted by Gasteiger charge is 2.21. The van der Waals surface area contributed by atoms with Crippen LogP contribution in [0, 0.1) is 16.0 Å². The zero-order valence-electron chi connectivity index (χ0n) is 11.2. The highest BCUT2D eigenvalue weighted by atomic mass is 35.5. The molecule has 9 heteroatoms. The molecule has 0 bridgehead atoms. The Kier molecular flexibility index (Phi) is 6.10. The molecule has 20 heavy (non-hydrogen) atoms. The number of nitro groups is 1. The molecule has 0 radical (unpaired) electrons. The first-order valence-corrected chi connectivity index (χ1v) is 6.45. The van der Waals surface area contributed by atoms with Crippen molar-refractivity contribution in [3.05, 3.63) is 21.6 Å². The predicted octanol–water partition coefficient (Wildman–Crippen LogP) is 1.61. The van der Waals surface area contributed by atoms with Crippen LogP contribution in [0.3, 0.4) is 0 Å². The summed E-state index contributed by atoms with van der Waals surface area (Å²) in [6, 6.07) is 0. The van der Waals surface area contributed by atoms with E-state index in [-0.39, 0.29) is 29.8 Å². The standard InChI is InChI=1S/C11H16ClN5O3/c1-7(2)5-14-8(18)3-4-13-11-9(17(19)20)10(12)15-6-16-11/h6-7H,3-5H2,1-2H3,(H,14,18)(H,13,15,16). The molecule has 1 amide bonds. The van der Waals surface area contributed by atoms with Crippen LogP contribution in [0.2, 0.25) is 5.15 Å². The molecule has 0 saturated carbocycles. The van der Waals surface area contributed by atoms with E-state index < -0.39 is 10.6 Å². The molecule has 0 aliphatic heterocycles. The quantitative estimate of drug-likeness (QED) is 0.450. The van der Waals surface area contributed by atoms with Crippen LogP contribution in [0.25, 0.3) is 0 Å². The van der Waals surface area contributed by atoms with Crippen molar-refractivity contribution < 1.29 is 9.72 Å². The van der Waals surface area contributed by atoms with Crippen LogP contribution in [-0.4, -0.2) is 33.9 Å². The Hall–Kier alpha value is -1.96. The zero-order chi connectivity index (χ0) is 15.1. The Morgan fingerprint density at radius 3 is 2.80 bits per heavy atom. The smallest absolute Gasteiger partial charge is 0.348 e. The van der Waals surface area contributed by atoms with Crippen molar-refractivity contribution in [2.45, 2.75) is 20.3 Å². The molecular weight excluding hydrogens is 286 g/mol. The van der Waals surface area contributed by atoms with Crippen molar-refractivity contribution in [2.24, 2.45) is 5.92 Å². The number of aromatic nitrogens is 2. The van der Waals surface area contributed by atoms with E-state index in [1.54, 1.807) is 0 Å². The Morgan fingerprint density at radius 1 is 1.50 bits per heavy atom. The van der Waals surface area contributed by atoms with E-state index in [1.165, 1.54) is 0 Å². The second kappa shape index (κ2) is 7.59. The maximum Gasteiger partial charge on any atom is 0.348 e. The van der Waals surface area contributed by atoms with E-state index in [0.29, 0.717) is 12.5 Å². The largest absolute Gasteiger partial charge is 0.364 e. The third-order valence-electron chi connectivity index (χ3n) is 2.31. The van der Waals surface area contributed by atoms with Gasteiger partial charge in [-0.3, -0.25) is 14.9 Å². The average Bonchev–Trinajstić information content (AvgIpc) is 2.36. The van der Waals surface area contributed by atoms with Crippen molar-refractivity contribution in [3.8, 4) is 0 Å². The van der Waals surface area contributed by atoms with Gasteiger partial charge in [-0.2, -0.15) is 0 Å². The number of nitrogens with zero attached hydrogens (tertiary/aromatic N) is 3. The summed E-state index contributed by atoms with van der Waals surface area (Å²) < 4.78 is 0. The summed E-state index contributed by atoms with van der Waals surface area (Å²) in [6.07, 6.45) is 1.31. The van der Waals surface area contributed by atoms with Crippen LogP contribution in [0.1, 0.15) is 20.3 Å². The van der Waals surface area contributed by atoms with Crippen LogP contribution >= 0.6 is 11.6 Å². The van der Waals surface area contributed by atoms with Crippen molar-refractivity contribution in [1.82, 2.24) is 15.3 Å². The van der Waals surface area contributed by atoms with E-state index in [4.69, 9.17) is 11.6 Å². The van der Waals surface area contributed by atoms with Gasteiger partial charge in [-0.15, -0.1) is 0 Å². The number of anilines is 1. The first kappa shape index (κ1) is 16.1. The lowest BCUT2D eigenvalue weighted by atomic mass is 10.2. The van der Waals surface area contributed by atoms with Gasteiger partial charge in [0.05, 0.1) is 4.92 Å². The molecule has 0 aliphatic carbocycles. The second-order valence-electron chi connectivity index (χ2n) is 4.49. The number of hydrogen-bond donors (Lipinski definition) is 2. The summed E-state index contributed by atoms with van der Waals surface area (Å²) in [5.74, 6) is 0.245. The third kappa shape index (κ3) is 4.96. The summed E-state index contributed by atoms with van der Waals surface area (Å²) in [5.41, 5.74) is -0.392. The van der Waals surface area contributed by atoms with Gasteiger partial charge in [-0.25, -0.2) is 9.97 Å². The minimum absolute atomic E-state index is 0.00617. The van der Waals surface area contributed by atoms with Crippen LogP contribution in [0.15, 0.2) is 6.33 Å². The van der Waals surface area contributed by atoms with Crippen molar-refractivity contribution in [3.63, 3.8) is 0 Å². The molecule has 0 atom stereocenters. The normalized spacial score (nSPS) is 10.4. The second-order valence-corrected chi connectivity index (χ2v) is 4.85. The number of hydrogen-bond acceptors (Lipinski definition) is 6. The molecule has 0 saturated heterocycles.